The van der Waals surface area contributed by atoms with Crippen LogP contribution in [-0.2, 0) is 26.0 Å². The predicted molar refractivity (Wildman–Crippen MR) is 156 cm³/mol. The maximum atomic E-state index is 13.8. The summed E-state index contributed by atoms with van der Waals surface area (Å²) in [6.07, 6.45) is -0.421. The van der Waals surface area contributed by atoms with E-state index >= 15 is 0 Å². The van der Waals surface area contributed by atoms with Crippen molar-refractivity contribution in [1.82, 2.24) is 14.9 Å². The van der Waals surface area contributed by atoms with Crippen LogP contribution < -0.4 is 20.1 Å². The fourth-order valence-corrected chi connectivity index (χ4v) is 6.25. The van der Waals surface area contributed by atoms with Crippen LogP contribution in [0.15, 0.2) is 53.4 Å². The fourth-order valence-electron chi connectivity index (χ4n) is 4.54. The molecule has 1 heterocycles. The first kappa shape index (κ1) is 32.7. The monoisotopic (exact) mass is 609 g/mol. The number of aliphatic hydroxyl groups is 1. The van der Waals surface area contributed by atoms with Gasteiger partial charge in [0.2, 0.25) is 28.6 Å². The van der Waals surface area contributed by atoms with Crippen molar-refractivity contribution in [3.05, 3.63) is 54.1 Å². The summed E-state index contributed by atoms with van der Waals surface area (Å²) >= 11 is 5.67. The Bertz CT molecular complexity index is 1280. The average Bonchev–Trinajstić information content (AvgIpc) is 3.43. The van der Waals surface area contributed by atoms with E-state index in [1.165, 1.54) is 16.4 Å². The molecule has 0 aromatic heterocycles. The van der Waals surface area contributed by atoms with Gasteiger partial charge in [-0.05, 0) is 36.0 Å². The first-order valence-corrected chi connectivity index (χ1v) is 15.7. The van der Waals surface area contributed by atoms with Gasteiger partial charge in [0, 0.05) is 19.2 Å². The minimum atomic E-state index is -4.05. The molecule has 0 bridgehead atoms. The maximum absolute atomic E-state index is 13.8. The fraction of sp³-hybridized carbons (Fsp3) is 0.517. The predicted octanol–water partition coefficient (Wildman–Crippen LogP) is 2.92. The molecule has 2 amide bonds. The maximum Gasteiger partial charge on any atom is 0.243 e. The molecule has 10 nitrogen and oxygen atoms in total. The molecule has 0 fully saturated rings. The van der Waals surface area contributed by atoms with Crippen molar-refractivity contribution in [2.24, 2.45) is 11.8 Å². The second-order valence-corrected chi connectivity index (χ2v) is 12.9. The third-order valence-corrected chi connectivity index (χ3v) is 9.04. The summed E-state index contributed by atoms with van der Waals surface area (Å²) in [7, 11) is -4.05. The molecule has 4 unspecified atom stereocenters. The van der Waals surface area contributed by atoms with E-state index in [2.05, 4.69) is 10.6 Å². The average molecular weight is 610 g/mol. The molecule has 0 radical (unpaired) electrons. The van der Waals surface area contributed by atoms with E-state index in [-0.39, 0.29) is 48.9 Å². The number of rotatable bonds is 15. The third-order valence-electron chi connectivity index (χ3n) is 6.97. The van der Waals surface area contributed by atoms with Crippen LogP contribution in [0.4, 0.5) is 0 Å². The molecule has 0 aliphatic carbocycles. The SMILES string of the molecule is CCC(C)C(NC(=O)CCl)C(=O)NC(Cc1ccccc1)C(O)CN(CC(C)C)S(=O)(=O)c1ccc2c(c1)OCO2. The van der Waals surface area contributed by atoms with E-state index in [1.54, 1.807) is 6.07 Å². The molecule has 1 aliphatic heterocycles. The third kappa shape index (κ3) is 8.81. The number of carbonyl (C=O) groups excluding carboxylic acids is 2. The lowest BCUT2D eigenvalue weighted by atomic mass is 9.96. The van der Waals surface area contributed by atoms with Crippen molar-refractivity contribution in [1.29, 1.82) is 0 Å². The van der Waals surface area contributed by atoms with E-state index in [1.807, 2.05) is 58.0 Å². The van der Waals surface area contributed by atoms with Crippen LogP contribution in [0.5, 0.6) is 11.5 Å². The molecule has 3 rings (SSSR count). The summed E-state index contributed by atoms with van der Waals surface area (Å²) in [4.78, 5) is 25.5. The summed E-state index contributed by atoms with van der Waals surface area (Å²) in [5.74, 6) is -0.716. The smallest absolute Gasteiger partial charge is 0.243 e. The molecular formula is C29H40ClN3O7S. The Labute approximate surface area is 247 Å². The molecule has 4 atom stereocenters. The summed E-state index contributed by atoms with van der Waals surface area (Å²) < 4.78 is 39.4. The zero-order chi connectivity index (χ0) is 30.2. The van der Waals surface area contributed by atoms with Crippen molar-refractivity contribution in [3.63, 3.8) is 0 Å². The molecule has 0 saturated heterocycles. The van der Waals surface area contributed by atoms with Crippen molar-refractivity contribution < 1.29 is 32.6 Å². The number of hydrogen-bond donors (Lipinski definition) is 3. The number of fused-ring (bicyclic) bond motifs is 1. The van der Waals surface area contributed by atoms with E-state index in [0.717, 1.165) is 5.56 Å². The van der Waals surface area contributed by atoms with Gasteiger partial charge in [-0.15, -0.1) is 11.6 Å². The topological polar surface area (TPSA) is 134 Å². The number of aliphatic hydroxyl groups excluding tert-OH is 1. The van der Waals surface area contributed by atoms with Crippen LogP contribution in [0.25, 0.3) is 0 Å². The van der Waals surface area contributed by atoms with Crippen LogP contribution in [0, 0.1) is 11.8 Å². The van der Waals surface area contributed by atoms with Crippen molar-refractivity contribution >= 4 is 33.4 Å². The van der Waals surface area contributed by atoms with Crippen molar-refractivity contribution in [2.45, 2.75) is 63.6 Å². The Morgan fingerprint density at radius 2 is 1.71 bits per heavy atom. The van der Waals surface area contributed by atoms with Gasteiger partial charge in [0.25, 0.3) is 0 Å². The van der Waals surface area contributed by atoms with Gasteiger partial charge in [-0.2, -0.15) is 4.31 Å². The lowest BCUT2D eigenvalue weighted by Gasteiger charge is -2.32. The van der Waals surface area contributed by atoms with Gasteiger partial charge in [0.1, 0.15) is 11.9 Å². The summed E-state index contributed by atoms with van der Waals surface area (Å²) in [5.41, 5.74) is 0.843. The Morgan fingerprint density at radius 3 is 2.34 bits per heavy atom. The molecule has 226 valence electrons. The number of ether oxygens (including phenoxy) is 2. The van der Waals surface area contributed by atoms with Gasteiger partial charge in [-0.3, -0.25) is 9.59 Å². The zero-order valence-electron chi connectivity index (χ0n) is 23.9. The zero-order valence-corrected chi connectivity index (χ0v) is 25.5. The molecule has 0 saturated carbocycles. The highest BCUT2D eigenvalue weighted by Crippen LogP contribution is 2.35. The van der Waals surface area contributed by atoms with Crippen LogP contribution in [-0.4, -0.2) is 73.6 Å². The highest BCUT2D eigenvalue weighted by molar-refractivity contribution is 7.89. The molecule has 41 heavy (non-hydrogen) atoms. The van der Waals surface area contributed by atoms with Gasteiger partial charge in [0.05, 0.1) is 17.0 Å². The first-order valence-electron chi connectivity index (χ1n) is 13.7. The van der Waals surface area contributed by atoms with E-state index in [4.69, 9.17) is 21.1 Å². The Morgan fingerprint density at radius 1 is 1.02 bits per heavy atom. The first-order chi connectivity index (χ1) is 19.5. The molecule has 3 N–H and O–H groups in total. The van der Waals surface area contributed by atoms with Gasteiger partial charge in [-0.25, -0.2) is 8.42 Å². The van der Waals surface area contributed by atoms with E-state index in [9.17, 15) is 23.1 Å². The summed E-state index contributed by atoms with van der Waals surface area (Å²) in [5, 5.41) is 17.1. The van der Waals surface area contributed by atoms with Gasteiger partial charge in [-0.1, -0.05) is 64.4 Å². The van der Waals surface area contributed by atoms with Crippen LogP contribution in [0.2, 0.25) is 0 Å². The van der Waals surface area contributed by atoms with Gasteiger partial charge >= 0.3 is 0 Å². The quantitative estimate of drug-likeness (QED) is 0.264. The Kier molecular flexibility index (Phi) is 11.8. The highest BCUT2D eigenvalue weighted by atomic mass is 35.5. The number of hydrogen-bond acceptors (Lipinski definition) is 7. The highest BCUT2D eigenvalue weighted by Gasteiger charge is 2.34. The number of nitrogens with one attached hydrogen (secondary N) is 2. The summed E-state index contributed by atoms with van der Waals surface area (Å²) in [6, 6.07) is 11.9. The molecule has 1 aliphatic rings. The second-order valence-electron chi connectivity index (χ2n) is 10.7. The number of alkyl halides is 1. The van der Waals surface area contributed by atoms with Crippen LogP contribution in [0.3, 0.4) is 0 Å². The van der Waals surface area contributed by atoms with Gasteiger partial charge in [0.15, 0.2) is 11.5 Å². The second kappa shape index (κ2) is 14.9. The molecular weight excluding hydrogens is 570 g/mol. The molecule has 12 heteroatoms. The lowest BCUT2D eigenvalue weighted by molar-refractivity contribution is -0.130. The number of benzene rings is 2. The minimum absolute atomic E-state index is 0.0110. The normalized spacial score (nSPS) is 15.8. The summed E-state index contributed by atoms with van der Waals surface area (Å²) in [6.45, 7) is 7.39. The lowest BCUT2D eigenvalue weighted by Crippen LogP contribution is -2.57. The Balaban J connectivity index is 1.90. The van der Waals surface area contributed by atoms with Gasteiger partial charge < -0.3 is 25.2 Å². The molecule has 2 aromatic rings. The standard InChI is InChI=1S/C29H40ClN3O7S/c1-5-20(4)28(32-27(35)15-30)29(36)31-23(13-21-9-7-6-8-10-21)24(34)17-33(16-19(2)3)41(37,38)22-11-12-25-26(14-22)40-18-39-25/h6-12,14,19-20,23-24,28,34H,5,13,15-18H2,1-4H3,(H,31,36)(H,32,35). The number of carbonyl (C=O) groups is 2. The molecule has 0 spiro atoms. The van der Waals surface area contributed by atoms with Crippen molar-refractivity contribution in [2.75, 3.05) is 25.8 Å². The van der Waals surface area contributed by atoms with Crippen molar-refractivity contribution in [3.8, 4) is 11.5 Å². The van der Waals surface area contributed by atoms with E-state index < -0.39 is 40.0 Å². The Hall–Kier alpha value is -2.86. The van der Waals surface area contributed by atoms with E-state index in [0.29, 0.717) is 17.9 Å². The number of nitrogens with zero attached hydrogens (tertiary/aromatic N) is 1. The van der Waals surface area contributed by atoms with Crippen LogP contribution in [0.1, 0.15) is 39.7 Å². The number of amides is 2. The largest absolute Gasteiger partial charge is 0.454 e. The van der Waals surface area contributed by atoms with Crippen LogP contribution >= 0.6 is 11.6 Å². The molecule has 2 aromatic carbocycles. The minimum Gasteiger partial charge on any atom is -0.454 e. The number of halogens is 1. The number of sulfonamides is 1.